The van der Waals surface area contributed by atoms with Gasteiger partial charge in [-0.3, -0.25) is 0 Å². The molecule has 2 rings (SSSR count). The molecule has 1 N–H and O–H groups in total. The smallest absolute Gasteiger partial charge is 0.410 e. The molecule has 1 spiro atoms. The van der Waals surface area contributed by atoms with E-state index in [0.717, 1.165) is 0 Å². The second kappa shape index (κ2) is 4.63. The summed E-state index contributed by atoms with van der Waals surface area (Å²) in [5, 5.41) is 0. The molecule has 0 atom stereocenters. The van der Waals surface area contributed by atoms with E-state index >= 15 is 0 Å². The molecule has 0 unspecified atom stereocenters. The van der Waals surface area contributed by atoms with Crippen LogP contribution in [0.15, 0.2) is 0 Å². The number of hydrogen-bond donors (Lipinski definition) is 1. The van der Waals surface area contributed by atoms with Crippen LogP contribution in [0.2, 0.25) is 0 Å². The minimum atomic E-state index is -3.11. The molecule has 0 aromatic rings. The van der Waals surface area contributed by atoms with Gasteiger partial charge >= 0.3 is 6.09 Å². The van der Waals surface area contributed by atoms with Crippen LogP contribution in [0, 0.1) is 5.41 Å². The van der Waals surface area contributed by atoms with Gasteiger partial charge in [0, 0.05) is 25.0 Å². The maximum absolute atomic E-state index is 11.9. The van der Waals surface area contributed by atoms with Gasteiger partial charge in [-0.25, -0.2) is 17.9 Å². The quantitative estimate of drug-likeness (QED) is 0.720. The van der Waals surface area contributed by atoms with E-state index in [1.54, 1.807) is 4.90 Å². The number of rotatable bonds is 0. The number of carbonyl (C=O) groups excluding carboxylic acids is 1. The van der Waals surface area contributed by atoms with Gasteiger partial charge in [0.2, 0.25) is 10.0 Å². The number of nitrogens with one attached hydrogen (secondary N) is 1. The lowest BCUT2D eigenvalue weighted by Crippen LogP contribution is -2.46. The summed E-state index contributed by atoms with van der Waals surface area (Å²) in [6.45, 7) is 7.13. The fourth-order valence-corrected chi connectivity index (χ4v) is 4.40. The summed E-state index contributed by atoms with van der Waals surface area (Å²) < 4.78 is 30.9. The normalized spacial score (nSPS) is 25.5. The molecular formula is C12H22N2O4S. The van der Waals surface area contributed by atoms with Crippen LogP contribution < -0.4 is 4.72 Å². The monoisotopic (exact) mass is 290 g/mol. The number of amides is 1. The largest absolute Gasteiger partial charge is 0.444 e. The molecule has 0 saturated carbocycles. The second-order valence-corrected chi connectivity index (χ2v) is 8.35. The van der Waals surface area contributed by atoms with E-state index in [2.05, 4.69) is 4.72 Å². The van der Waals surface area contributed by atoms with Gasteiger partial charge in [-0.1, -0.05) is 0 Å². The Balaban J connectivity index is 1.91. The van der Waals surface area contributed by atoms with Crippen molar-refractivity contribution in [3.05, 3.63) is 0 Å². The average Bonchev–Trinajstić information content (AvgIpc) is 2.53. The number of hydrogen-bond acceptors (Lipinski definition) is 4. The van der Waals surface area contributed by atoms with E-state index in [4.69, 9.17) is 4.74 Å². The third-order valence-corrected chi connectivity index (χ3v) is 5.22. The molecule has 2 heterocycles. The molecule has 0 bridgehead atoms. The predicted molar refractivity (Wildman–Crippen MR) is 71.3 cm³/mol. The van der Waals surface area contributed by atoms with Crippen LogP contribution in [0.25, 0.3) is 0 Å². The van der Waals surface area contributed by atoms with Crippen molar-refractivity contribution in [2.24, 2.45) is 5.41 Å². The van der Waals surface area contributed by atoms with Crippen LogP contribution in [-0.4, -0.2) is 50.4 Å². The van der Waals surface area contributed by atoms with Crippen LogP contribution in [0.4, 0.5) is 4.79 Å². The van der Waals surface area contributed by atoms with E-state index in [-0.39, 0.29) is 17.3 Å². The zero-order valence-electron chi connectivity index (χ0n) is 11.7. The lowest BCUT2D eigenvalue weighted by atomic mass is 9.80. The number of carbonyl (C=O) groups is 1. The Morgan fingerprint density at radius 2 is 1.84 bits per heavy atom. The lowest BCUT2D eigenvalue weighted by molar-refractivity contribution is 0.0134. The summed E-state index contributed by atoms with van der Waals surface area (Å²) in [4.78, 5) is 13.6. The van der Waals surface area contributed by atoms with Crippen LogP contribution in [0.1, 0.15) is 33.6 Å². The zero-order valence-corrected chi connectivity index (χ0v) is 12.5. The molecule has 2 fully saturated rings. The van der Waals surface area contributed by atoms with Gasteiger partial charge in [0.15, 0.2) is 0 Å². The summed E-state index contributed by atoms with van der Waals surface area (Å²) in [7, 11) is -3.11. The molecule has 7 heteroatoms. The van der Waals surface area contributed by atoms with Gasteiger partial charge in [-0.2, -0.15) is 0 Å². The van der Waals surface area contributed by atoms with Crippen molar-refractivity contribution in [3.8, 4) is 0 Å². The Bertz CT molecular complexity index is 459. The van der Waals surface area contributed by atoms with Gasteiger partial charge in [-0.05, 0) is 33.6 Å². The highest BCUT2D eigenvalue weighted by Crippen LogP contribution is 2.36. The molecular weight excluding hydrogens is 268 g/mol. The fourth-order valence-electron chi connectivity index (χ4n) is 2.58. The number of ether oxygens (including phenoxy) is 1. The Morgan fingerprint density at radius 1 is 1.26 bits per heavy atom. The Hall–Kier alpha value is -0.820. The maximum Gasteiger partial charge on any atom is 0.410 e. The van der Waals surface area contributed by atoms with Gasteiger partial charge in [0.1, 0.15) is 5.60 Å². The summed E-state index contributed by atoms with van der Waals surface area (Å²) >= 11 is 0. The van der Waals surface area contributed by atoms with Crippen LogP contribution in [0.3, 0.4) is 0 Å². The minimum absolute atomic E-state index is 0.183. The molecule has 1 amide bonds. The van der Waals surface area contributed by atoms with E-state index in [1.165, 1.54) is 0 Å². The van der Waals surface area contributed by atoms with Crippen LogP contribution >= 0.6 is 0 Å². The first kappa shape index (κ1) is 14.6. The molecule has 110 valence electrons. The molecule has 0 radical (unpaired) electrons. The van der Waals surface area contributed by atoms with Crippen molar-refractivity contribution in [3.63, 3.8) is 0 Å². The molecule has 0 aliphatic carbocycles. The first-order valence-corrected chi connectivity index (χ1v) is 8.21. The molecule has 0 aromatic carbocycles. The fraction of sp³-hybridized carbons (Fsp3) is 0.917. The molecule has 2 aliphatic rings. The minimum Gasteiger partial charge on any atom is -0.444 e. The Kier molecular flexibility index (Phi) is 3.55. The van der Waals surface area contributed by atoms with Crippen molar-refractivity contribution in [2.75, 3.05) is 25.4 Å². The predicted octanol–water partition coefficient (Wildman–Crippen LogP) is 0.937. The Labute approximate surface area is 114 Å². The number of piperidine rings is 1. The van der Waals surface area contributed by atoms with Crippen molar-refractivity contribution in [2.45, 2.75) is 39.2 Å². The summed E-state index contributed by atoms with van der Waals surface area (Å²) in [6, 6.07) is 0. The number of likely N-dealkylation sites (tertiary alicyclic amines) is 1. The third-order valence-electron chi connectivity index (χ3n) is 3.64. The van der Waals surface area contributed by atoms with Crippen molar-refractivity contribution >= 4 is 16.1 Å². The highest BCUT2D eigenvalue weighted by Gasteiger charge is 2.44. The van der Waals surface area contributed by atoms with E-state index in [0.29, 0.717) is 32.5 Å². The topological polar surface area (TPSA) is 75.7 Å². The zero-order chi connectivity index (χ0) is 14.3. The molecule has 19 heavy (non-hydrogen) atoms. The van der Waals surface area contributed by atoms with Gasteiger partial charge in [0.05, 0.1) is 5.75 Å². The standard InChI is InChI=1S/C12H22N2O4S/c1-11(2,3)18-10(15)14-6-4-12(5-7-14)8-13-19(16,17)9-12/h13H,4-9H2,1-3H3. The second-order valence-electron chi connectivity index (χ2n) is 6.55. The average molecular weight is 290 g/mol. The first-order chi connectivity index (χ1) is 8.61. The number of sulfonamides is 1. The van der Waals surface area contributed by atoms with Crippen molar-refractivity contribution in [1.82, 2.24) is 9.62 Å². The van der Waals surface area contributed by atoms with Crippen LogP contribution in [-0.2, 0) is 14.8 Å². The van der Waals surface area contributed by atoms with E-state index in [1.807, 2.05) is 20.8 Å². The van der Waals surface area contributed by atoms with Crippen molar-refractivity contribution < 1.29 is 17.9 Å². The number of nitrogens with zero attached hydrogens (tertiary/aromatic N) is 1. The van der Waals surface area contributed by atoms with Gasteiger partial charge < -0.3 is 9.64 Å². The molecule has 0 aromatic heterocycles. The summed E-state index contributed by atoms with van der Waals surface area (Å²) in [6.07, 6.45) is 1.10. The SMILES string of the molecule is CC(C)(C)OC(=O)N1CCC2(CC1)CNS(=O)(=O)C2. The highest BCUT2D eigenvalue weighted by atomic mass is 32.2. The summed E-state index contributed by atoms with van der Waals surface area (Å²) in [5.74, 6) is 0.183. The highest BCUT2D eigenvalue weighted by molar-refractivity contribution is 7.89. The first-order valence-electron chi connectivity index (χ1n) is 6.56. The van der Waals surface area contributed by atoms with Crippen molar-refractivity contribution in [1.29, 1.82) is 0 Å². The van der Waals surface area contributed by atoms with E-state index in [9.17, 15) is 13.2 Å². The van der Waals surface area contributed by atoms with Crippen LogP contribution in [0.5, 0.6) is 0 Å². The molecule has 6 nitrogen and oxygen atoms in total. The Morgan fingerprint density at radius 3 is 2.26 bits per heavy atom. The lowest BCUT2D eigenvalue weighted by Gasteiger charge is -2.38. The molecule has 2 saturated heterocycles. The van der Waals surface area contributed by atoms with Gasteiger partial charge in [0.25, 0.3) is 0 Å². The maximum atomic E-state index is 11.9. The summed E-state index contributed by atoms with van der Waals surface area (Å²) in [5.41, 5.74) is -0.693. The third kappa shape index (κ3) is 3.60. The molecule has 2 aliphatic heterocycles. The van der Waals surface area contributed by atoms with E-state index < -0.39 is 15.6 Å². The van der Waals surface area contributed by atoms with Gasteiger partial charge in [-0.15, -0.1) is 0 Å².